The molecular formula is C60H70N4O12. The molecule has 2 aromatic carbocycles. The predicted molar refractivity (Wildman–Crippen MR) is 293 cm³/mol. The topological polar surface area (TPSA) is 199 Å². The molecule has 16 heteroatoms. The summed E-state index contributed by atoms with van der Waals surface area (Å²) >= 11 is 0. The normalized spacial score (nSPS) is 11.9. The van der Waals surface area contributed by atoms with Crippen LogP contribution in [0.2, 0.25) is 0 Å². The fraction of sp³-hybridized carbons (Fsp3) is 0.400. The zero-order chi connectivity index (χ0) is 53.2. The first kappa shape index (κ1) is 57.1. The number of methoxy groups -OCH3 is 2. The molecule has 3 aromatic heterocycles. The number of carbonyl (C=O) groups excluding carboxylic acids is 4. The molecule has 0 saturated heterocycles. The second-order valence-corrected chi connectivity index (χ2v) is 18.3. The molecule has 2 N–H and O–H groups in total. The zero-order valence-electron chi connectivity index (χ0n) is 43.7. The fourth-order valence-corrected chi connectivity index (χ4v) is 9.16. The van der Waals surface area contributed by atoms with Gasteiger partial charge in [0, 0.05) is 88.4 Å². The van der Waals surface area contributed by atoms with Crippen LogP contribution in [-0.2, 0) is 76.4 Å². The number of ether oxygens (including phenoxy) is 8. The summed E-state index contributed by atoms with van der Waals surface area (Å²) in [6, 6.07) is 18.9. The van der Waals surface area contributed by atoms with Gasteiger partial charge in [-0.15, -0.1) is 0 Å². The summed E-state index contributed by atoms with van der Waals surface area (Å²) in [5.41, 5.74) is 14.3. The van der Waals surface area contributed by atoms with Gasteiger partial charge >= 0.3 is 0 Å². The van der Waals surface area contributed by atoms with E-state index in [1.165, 1.54) is 0 Å². The summed E-state index contributed by atoms with van der Waals surface area (Å²) < 4.78 is 44.5. The number of rotatable bonds is 36. The Labute approximate surface area is 444 Å². The maximum absolute atomic E-state index is 11.9. The monoisotopic (exact) mass is 1040 g/mol. The van der Waals surface area contributed by atoms with E-state index >= 15 is 0 Å². The highest BCUT2D eigenvalue weighted by Gasteiger charge is 2.18. The van der Waals surface area contributed by atoms with Crippen molar-refractivity contribution in [2.24, 2.45) is 0 Å². The van der Waals surface area contributed by atoms with E-state index in [4.69, 9.17) is 47.9 Å². The van der Waals surface area contributed by atoms with Crippen LogP contribution in [0.4, 0.5) is 0 Å². The van der Waals surface area contributed by atoms with Crippen LogP contribution in [0.25, 0.3) is 46.4 Å². The Morgan fingerprint density at radius 2 is 0.658 bits per heavy atom. The van der Waals surface area contributed by atoms with Gasteiger partial charge < -0.3 is 47.9 Å². The Bertz CT molecular complexity index is 2720. The predicted octanol–water partition coefficient (Wildman–Crippen LogP) is 8.73. The quantitative estimate of drug-likeness (QED) is 0.0279. The number of aldehydes is 4. The number of nitrogens with zero attached hydrogens (tertiary/aromatic N) is 2. The van der Waals surface area contributed by atoms with Gasteiger partial charge in [-0.05, 0) is 153 Å². The Balaban J connectivity index is 1.26. The molecule has 2 aliphatic rings. The molecule has 0 radical (unpaired) electrons. The van der Waals surface area contributed by atoms with Crippen molar-refractivity contribution in [1.29, 1.82) is 0 Å². The Morgan fingerprint density at radius 1 is 0.355 bits per heavy atom. The van der Waals surface area contributed by atoms with Gasteiger partial charge in [0.05, 0.1) is 102 Å². The lowest BCUT2D eigenvalue weighted by atomic mass is 9.99. The molecule has 0 atom stereocenters. The molecule has 76 heavy (non-hydrogen) atoms. The fourth-order valence-electron chi connectivity index (χ4n) is 9.16. The van der Waals surface area contributed by atoms with Crippen LogP contribution < -0.4 is 0 Å². The van der Waals surface area contributed by atoms with Gasteiger partial charge in [-0.1, -0.05) is 0 Å². The molecule has 0 amide bonds. The van der Waals surface area contributed by atoms with Gasteiger partial charge in [-0.25, -0.2) is 9.97 Å². The van der Waals surface area contributed by atoms with Crippen LogP contribution in [0, 0.1) is 0 Å². The SMILES string of the molecule is COCCOCCOCCOCCCc1c2nc(c(CCc3cc(C=O)cc(C=O)c3)c3ccc([nH]3)c(CCCOCCOCCOCCOC)c3ccc([nH]3)c(CCc3cc(C=O)cc(C=O)c3)c3nc1C=C3)C=C2. The maximum Gasteiger partial charge on any atom is 0.150 e. The summed E-state index contributed by atoms with van der Waals surface area (Å²) in [5.74, 6) is 0. The number of aromatic nitrogens is 4. The van der Waals surface area contributed by atoms with Crippen LogP contribution in [0.5, 0.6) is 0 Å². The largest absolute Gasteiger partial charge is 0.382 e. The van der Waals surface area contributed by atoms with Gasteiger partial charge in [0.2, 0.25) is 0 Å². The number of carbonyl (C=O) groups is 4. The maximum atomic E-state index is 11.9. The van der Waals surface area contributed by atoms with Crippen molar-refractivity contribution < 1.29 is 57.1 Å². The van der Waals surface area contributed by atoms with Gasteiger partial charge in [0.15, 0.2) is 0 Å². The number of fused-ring (bicyclic) bond motifs is 8. The summed E-state index contributed by atoms with van der Waals surface area (Å²) in [7, 11) is 3.28. The molecule has 0 aliphatic carbocycles. The molecule has 5 heterocycles. The molecule has 7 rings (SSSR count). The van der Waals surface area contributed by atoms with Gasteiger partial charge in [0.25, 0.3) is 0 Å². The molecule has 2 aliphatic heterocycles. The standard InChI is InChI=1S/C60H70N4O12/c1-69-21-23-73-29-31-75-27-25-71-19-3-5-49-53-11-15-57(61-53)51(9-7-43-33-45(39-65)37-46(34-43)40-66)59-17-13-55(63-59)50(6-4-20-72-26-28-76-32-30-74-24-22-70-2)56-14-18-60(64-56)52(58-16-12-54(49)62-58)10-8-44-35-47(41-67)38-48(36-44)42-68/h11-18,33-42,61-62H,3-10,19-32H2,1-2H3. The average Bonchev–Trinajstić information content (AvgIpc) is 4.32. The van der Waals surface area contributed by atoms with Crippen LogP contribution in [0.3, 0.4) is 0 Å². The molecule has 5 aromatic rings. The van der Waals surface area contributed by atoms with Crippen molar-refractivity contribution in [1.82, 2.24) is 19.9 Å². The van der Waals surface area contributed by atoms with Gasteiger partial charge in [-0.3, -0.25) is 19.2 Å². The van der Waals surface area contributed by atoms with E-state index in [1.807, 2.05) is 48.6 Å². The molecule has 402 valence electrons. The Hall–Kier alpha value is -6.60. The van der Waals surface area contributed by atoms with Crippen molar-refractivity contribution in [2.45, 2.75) is 51.4 Å². The molecule has 16 nitrogen and oxygen atoms in total. The first-order valence-corrected chi connectivity index (χ1v) is 26.1. The number of hydrogen-bond donors (Lipinski definition) is 2. The van der Waals surface area contributed by atoms with E-state index in [2.05, 4.69) is 34.2 Å². The third-order valence-corrected chi connectivity index (χ3v) is 12.9. The molecule has 0 saturated carbocycles. The Kier molecular flexibility index (Phi) is 23.6. The van der Waals surface area contributed by atoms with Crippen molar-refractivity contribution in [3.63, 3.8) is 0 Å². The number of benzene rings is 2. The second-order valence-electron chi connectivity index (χ2n) is 18.3. The minimum atomic E-state index is 0.446. The molecule has 0 fully saturated rings. The van der Waals surface area contributed by atoms with E-state index < -0.39 is 0 Å². The van der Waals surface area contributed by atoms with Crippen LogP contribution >= 0.6 is 0 Å². The molecular weight excluding hydrogens is 969 g/mol. The van der Waals surface area contributed by atoms with E-state index in [1.54, 1.807) is 26.4 Å². The Morgan fingerprint density at radius 3 is 1.00 bits per heavy atom. The summed E-state index contributed by atoms with van der Waals surface area (Å²) in [6.07, 6.45) is 16.2. The van der Waals surface area contributed by atoms with E-state index in [9.17, 15) is 19.2 Å². The minimum Gasteiger partial charge on any atom is -0.382 e. The van der Waals surface area contributed by atoms with Crippen molar-refractivity contribution in [3.8, 4) is 0 Å². The number of hydrogen-bond acceptors (Lipinski definition) is 14. The molecule has 0 spiro atoms. The van der Waals surface area contributed by atoms with Crippen molar-refractivity contribution in [3.05, 3.63) is 139 Å². The van der Waals surface area contributed by atoms with E-state index in [0.717, 1.165) is 110 Å². The first-order chi connectivity index (χ1) is 37.4. The van der Waals surface area contributed by atoms with Crippen molar-refractivity contribution >= 4 is 71.5 Å². The van der Waals surface area contributed by atoms with Crippen LogP contribution in [-0.4, -0.2) is 152 Å². The summed E-state index contributed by atoms with van der Waals surface area (Å²) in [6.45, 7) is 6.90. The lowest BCUT2D eigenvalue weighted by Gasteiger charge is -2.09. The molecule has 8 bridgehead atoms. The number of aryl methyl sites for hydroxylation is 5. The van der Waals surface area contributed by atoms with Gasteiger partial charge in [-0.2, -0.15) is 0 Å². The first-order valence-electron chi connectivity index (χ1n) is 26.1. The lowest BCUT2D eigenvalue weighted by Crippen LogP contribution is -2.11. The highest BCUT2D eigenvalue weighted by atomic mass is 16.6. The molecule has 0 unspecified atom stereocenters. The highest BCUT2D eigenvalue weighted by Crippen LogP contribution is 2.30. The third-order valence-electron chi connectivity index (χ3n) is 12.9. The van der Waals surface area contributed by atoms with Crippen LogP contribution in [0.15, 0.2) is 60.7 Å². The number of nitrogens with one attached hydrogen (secondary N) is 2. The zero-order valence-corrected chi connectivity index (χ0v) is 43.7. The van der Waals surface area contributed by atoms with E-state index in [0.29, 0.717) is 160 Å². The van der Waals surface area contributed by atoms with Crippen LogP contribution in [0.1, 0.15) is 110 Å². The summed E-state index contributed by atoms with van der Waals surface area (Å²) in [5, 5.41) is 0. The smallest absolute Gasteiger partial charge is 0.150 e. The average molecular weight is 1040 g/mol. The lowest BCUT2D eigenvalue weighted by molar-refractivity contribution is 0.00344. The summed E-state index contributed by atoms with van der Waals surface area (Å²) in [4.78, 5) is 65.9. The second kappa shape index (κ2) is 31.4. The third kappa shape index (κ3) is 17.2. The number of aromatic amines is 2. The minimum absolute atomic E-state index is 0.446. The number of H-pyrrole nitrogens is 2. The van der Waals surface area contributed by atoms with Crippen molar-refractivity contribution in [2.75, 3.05) is 107 Å². The van der Waals surface area contributed by atoms with E-state index in [-0.39, 0.29) is 0 Å². The highest BCUT2D eigenvalue weighted by molar-refractivity contribution is 5.85. The van der Waals surface area contributed by atoms with Gasteiger partial charge in [0.1, 0.15) is 25.1 Å².